The summed E-state index contributed by atoms with van der Waals surface area (Å²) in [6, 6.07) is 6.10. The predicted molar refractivity (Wildman–Crippen MR) is 72.4 cm³/mol. The van der Waals surface area contributed by atoms with E-state index >= 15 is 0 Å². The molecule has 1 fully saturated rings. The van der Waals surface area contributed by atoms with Gasteiger partial charge in [0, 0.05) is 6.04 Å². The van der Waals surface area contributed by atoms with Gasteiger partial charge in [0.2, 0.25) is 0 Å². The van der Waals surface area contributed by atoms with Crippen molar-refractivity contribution in [3.63, 3.8) is 0 Å². The highest BCUT2D eigenvalue weighted by Gasteiger charge is 2.24. The third-order valence-corrected chi connectivity index (χ3v) is 3.17. The Morgan fingerprint density at radius 2 is 2.05 bits per heavy atom. The first-order valence-corrected chi connectivity index (χ1v) is 6.46. The first kappa shape index (κ1) is 13.4. The molecular formula is C14H18N2O3. The van der Waals surface area contributed by atoms with Crippen LogP contribution >= 0.6 is 0 Å². The SMILES string of the molecule is CC(CC1CC1)NC(=O)Nc1ccccc1C(=O)O. The van der Waals surface area contributed by atoms with Crippen LogP contribution in [0, 0.1) is 5.92 Å². The Balaban J connectivity index is 1.92. The van der Waals surface area contributed by atoms with Gasteiger partial charge in [0.1, 0.15) is 0 Å². The molecule has 5 heteroatoms. The van der Waals surface area contributed by atoms with Gasteiger partial charge in [-0.1, -0.05) is 25.0 Å². The normalized spacial score (nSPS) is 15.6. The summed E-state index contributed by atoms with van der Waals surface area (Å²) in [5.41, 5.74) is 0.401. The van der Waals surface area contributed by atoms with Crippen LogP contribution in [0.25, 0.3) is 0 Å². The van der Waals surface area contributed by atoms with Gasteiger partial charge in [0.05, 0.1) is 11.3 Å². The number of anilines is 1. The Labute approximate surface area is 112 Å². The summed E-state index contributed by atoms with van der Waals surface area (Å²) in [6.07, 6.45) is 3.47. The summed E-state index contributed by atoms with van der Waals surface area (Å²) in [4.78, 5) is 22.8. The monoisotopic (exact) mass is 262 g/mol. The maximum absolute atomic E-state index is 11.8. The number of carbonyl (C=O) groups is 2. The van der Waals surface area contributed by atoms with Gasteiger partial charge in [-0.05, 0) is 31.4 Å². The van der Waals surface area contributed by atoms with Crippen LogP contribution in [0.5, 0.6) is 0 Å². The molecule has 2 amide bonds. The number of rotatable bonds is 5. The lowest BCUT2D eigenvalue weighted by molar-refractivity contribution is 0.0698. The Morgan fingerprint density at radius 1 is 1.37 bits per heavy atom. The lowest BCUT2D eigenvalue weighted by atomic mass is 10.1. The molecule has 3 N–H and O–H groups in total. The standard InChI is InChI=1S/C14H18N2O3/c1-9(8-10-6-7-10)15-14(19)16-12-5-3-2-4-11(12)13(17)18/h2-5,9-10H,6-8H2,1H3,(H,17,18)(H2,15,16,19). The zero-order valence-electron chi connectivity index (χ0n) is 10.8. The van der Waals surface area contributed by atoms with E-state index in [1.165, 1.54) is 18.9 Å². The van der Waals surface area contributed by atoms with Gasteiger partial charge in [-0.2, -0.15) is 0 Å². The van der Waals surface area contributed by atoms with E-state index in [9.17, 15) is 9.59 Å². The molecule has 102 valence electrons. The quantitative estimate of drug-likeness (QED) is 0.763. The number of para-hydroxylation sites is 1. The zero-order valence-corrected chi connectivity index (χ0v) is 10.8. The van der Waals surface area contributed by atoms with Gasteiger partial charge in [-0.3, -0.25) is 0 Å². The maximum Gasteiger partial charge on any atom is 0.337 e. The highest BCUT2D eigenvalue weighted by atomic mass is 16.4. The van der Waals surface area contributed by atoms with Crippen LogP contribution in [0.15, 0.2) is 24.3 Å². The molecule has 0 spiro atoms. The second kappa shape index (κ2) is 5.73. The number of benzene rings is 1. The number of carboxylic acids is 1. The van der Waals surface area contributed by atoms with Crippen molar-refractivity contribution < 1.29 is 14.7 Å². The molecule has 0 radical (unpaired) electrons. The van der Waals surface area contributed by atoms with E-state index < -0.39 is 5.97 Å². The van der Waals surface area contributed by atoms with E-state index in [1.54, 1.807) is 18.2 Å². The van der Waals surface area contributed by atoms with Crippen molar-refractivity contribution in [1.82, 2.24) is 5.32 Å². The molecule has 1 atom stereocenters. The second-order valence-electron chi connectivity index (χ2n) is 5.03. The fourth-order valence-electron chi connectivity index (χ4n) is 2.07. The first-order chi connectivity index (χ1) is 9.06. The molecule has 1 unspecified atom stereocenters. The molecule has 1 aliphatic carbocycles. The molecule has 1 saturated carbocycles. The van der Waals surface area contributed by atoms with E-state index in [1.807, 2.05) is 6.92 Å². The topological polar surface area (TPSA) is 78.4 Å². The number of carbonyl (C=O) groups excluding carboxylic acids is 1. The predicted octanol–water partition coefficient (Wildman–Crippen LogP) is 2.69. The number of nitrogens with one attached hydrogen (secondary N) is 2. The lowest BCUT2D eigenvalue weighted by Crippen LogP contribution is -2.36. The molecule has 0 bridgehead atoms. The average molecular weight is 262 g/mol. The summed E-state index contributed by atoms with van der Waals surface area (Å²) in [5.74, 6) is -0.316. The first-order valence-electron chi connectivity index (χ1n) is 6.46. The number of urea groups is 1. The largest absolute Gasteiger partial charge is 0.478 e. The van der Waals surface area contributed by atoms with E-state index in [0.29, 0.717) is 5.69 Å². The molecule has 0 heterocycles. The Morgan fingerprint density at radius 3 is 2.68 bits per heavy atom. The van der Waals surface area contributed by atoms with Crippen molar-refractivity contribution in [2.75, 3.05) is 5.32 Å². The number of amides is 2. The van der Waals surface area contributed by atoms with Crippen LogP contribution in [-0.4, -0.2) is 23.1 Å². The smallest absolute Gasteiger partial charge is 0.337 e. The Hall–Kier alpha value is -2.04. The fraction of sp³-hybridized carbons (Fsp3) is 0.429. The van der Waals surface area contributed by atoms with Gasteiger partial charge in [0.25, 0.3) is 0 Å². The van der Waals surface area contributed by atoms with Crippen molar-refractivity contribution in [3.05, 3.63) is 29.8 Å². The molecule has 0 saturated heterocycles. The van der Waals surface area contributed by atoms with E-state index in [0.717, 1.165) is 12.3 Å². The summed E-state index contributed by atoms with van der Waals surface area (Å²) in [7, 11) is 0. The summed E-state index contributed by atoms with van der Waals surface area (Å²) in [6.45, 7) is 1.96. The lowest BCUT2D eigenvalue weighted by Gasteiger charge is -2.15. The van der Waals surface area contributed by atoms with Crippen molar-refractivity contribution >= 4 is 17.7 Å². The van der Waals surface area contributed by atoms with Crippen LogP contribution in [-0.2, 0) is 0 Å². The molecule has 19 heavy (non-hydrogen) atoms. The van der Waals surface area contributed by atoms with E-state index in [4.69, 9.17) is 5.11 Å². The van der Waals surface area contributed by atoms with Crippen molar-refractivity contribution in [1.29, 1.82) is 0 Å². The van der Waals surface area contributed by atoms with Gasteiger partial charge in [-0.15, -0.1) is 0 Å². The van der Waals surface area contributed by atoms with Crippen LogP contribution < -0.4 is 10.6 Å². The van der Waals surface area contributed by atoms with Crippen molar-refractivity contribution in [2.24, 2.45) is 5.92 Å². The van der Waals surface area contributed by atoms with Gasteiger partial charge < -0.3 is 15.7 Å². The molecule has 1 aromatic rings. The highest BCUT2D eigenvalue weighted by Crippen LogP contribution is 2.33. The van der Waals surface area contributed by atoms with Crippen LogP contribution in [0.1, 0.15) is 36.5 Å². The van der Waals surface area contributed by atoms with Crippen molar-refractivity contribution in [3.8, 4) is 0 Å². The van der Waals surface area contributed by atoms with Gasteiger partial charge in [0.15, 0.2) is 0 Å². The molecule has 1 aromatic carbocycles. The fourth-order valence-corrected chi connectivity index (χ4v) is 2.07. The maximum atomic E-state index is 11.8. The highest BCUT2D eigenvalue weighted by molar-refractivity contribution is 5.99. The van der Waals surface area contributed by atoms with E-state index in [-0.39, 0.29) is 17.6 Å². The summed E-state index contributed by atoms with van der Waals surface area (Å²) < 4.78 is 0. The Bertz CT molecular complexity index is 483. The molecule has 2 rings (SSSR count). The van der Waals surface area contributed by atoms with Crippen molar-refractivity contribution in [2.45, 2.75) is 32.2 Å². The minimum absolute atomic E-state index is 0.0903. The third kappa shape index (κ3) is 3.98. The number of aromatic carboxylic acids is 1. The average Bonchev–Trinajstić information content (AvgIpc) is 3.12. The molecule has 0 aliphatic heterocycles. The van der Waals surface area contributed by atoms with Crippen LogP contribution in [0.4, 0.5) is 10.5 Å². The number of hydrogen-bond acceptors (Lipinski definition) is 2. The second-order valence-corrected chi connectivity index (χ2v) is 5.03. The Kier molecular flexibility index (Phi) is 4.04. The number of hydrogen-bond donors (Lipinski definition) is 3. The van der Waals surface area contributed by atoms with Gasteiger partial charge in [-0.25, -0.2) is 9.59 Å². The molecule has 0 aromatic heterocycles. The molecule has 1 aliphatic rings. The number of carboxylic acid groups (broad SMARTS) is 1. The van der Waals surface area contributed by atoms with Gasteiger partial charge >= 0.3 is 12.0 Å². The van der Waals surface area contributed by atoms with E-state index in [2.05, 4.69) is 10.6 Å². The minimum Gasteiger partial charge on any atom is -0.478 e. The van der Waals surface area contributed by atoms with Crippen LogP contribution in [0.2, 0.25) is 0 Å². The molecule has 5 nitrogen and oxygen atoms in total. The molecular weight excluding hydrogens is 244 g/mol. The minimum atomic E-state index is -1.05. The summed E-state index contributed by atoms with van der Waals surface area (Å²) >= 11 is 0. The van der Waals surface area contributed by atoms with Crippen LogP contribution in [0.3, 0.4) is 0 Å². The third-order valence-electron chi connectivity index (χ3n) is 3.17. The summed E-state index contributed by atoms with van der Waals surface area (Å²) in [5, 5.41) is 14.4. The zero-order chi connectivity index (χ0) is 13.8.